The molecule has 0 rings (SSSR count). The van der Waals surface area contributed by atoms with E-state index in [0.717, 1.165) is 17.8 Å². The molecular weight excluding hydrogens is 120 g/mol. The largest absolute Gasteiger partial charge is 0.0651 e. The Labute approximate surface area is 66.0 Å². The van der Waals surface area contributed by atoms with Crippen molar-refractivity contribution in [2.45, 2.75) is 47.5 Å². The molecule has 0 heteroatoms. The van der Waals surface area contributed by atoms with Crippen LogP contribution in [0.5, 0.6) is 0 Å². The zero-order chi connectivity index (χ0) is 8.15. The fourth-order valence-corrected chi connectivity index (χ4v) is 1.83. The van der Waals surface area contributed by atoms with E-state index in [2.05, 4.69) is 34.6 Å². The van der Waals surface area contributed by atoms with E-state index in [-0.39, 0.29) is 0 Å². The van der Waals surface area contributed by atoms with Gasteiger partial charge >= 0.3 is 0 Å². The lowest BCUT2D eigenvalue weighted by molar-refractivity contribution is 0.256. The van der Waals surface area contributed by atoms with Crippen molar-refractivity contribution in [3.05, 3.63) is 0 Å². The molecule has 0 aromatic carbocycles. The third-order valence-electron chi connectivity index (χ3n) is 2.70. The summed E-state index contributed by atoms with van der Waals surface area (Å²) in [5, 5.41) is 0. The molecule has 0 amide bonds. The van der Waals surface area contributed by atoms with Gasteiger partial charge < -0.3 is 0 Å². The Bertz CT molecular complexity index is 74.1. The molecule has 0 radical (unpaired) electrons. The van der Waals surface area contributed by atoms with Crippen molar-refractivity contribution in [2.75, 3.05) is 0 Å². The van der Waals surface area contributed by atoms with Crippen LogP contribution in [0.3, 0.4) is 0 Å². The van der Waals surface area contributed by atoms with E-state index in [4.69, 9.17) is 0 Å². The quantitative estimate of drug-likeness (QED) is 0.561. The first-order valence-corrected chi connectivity index (χ1v) is 4.63. The fourth-order valence-electron chi connectivity index (χ4n) is 1.83. The number of hydrogen-bond acceptors (Lipinski definition) is 0. The van der Waals surface area contributed by atoms with E-state index >= 15 is 0 Å². The van der Waals surface area contributed by atoms with Gasteiger partial charge in [-0.25, -0.2) is 0 Å². The van der Waals surface area contributed by atoms with Crippen molar-refractivity contribution < 1.29 is 0 Å². The maximum atomic E-state index is 2.37. The van der Waals surface area contributed by atoms with Crippen molar-refractivity contribution in [1.82, 2.24) is 0 Å². The molecular formula is C10H22. The van der Waals surface area contributed by atoms with E-state index in [1.165, 1.54) is 12.8 Å². The molecule has 62 valence electrons. The Morgan fingerprint density at radius 3 is 1.50 bits per heavy atom. The second kappa shape index (κ2) is 4.76. The first kappa shape index (κ1) is 10.0. The molecule has 0 heterocycles. The predicted molar refractivity (Wildman–Crippen MR) is 48.1 cm³/mol. The second-order valence-corrected chi connectivity index (χ2v) is 3.70. The third-order valence-corrected chi connectivity index (χ3v) is 2.70. The van der Waals surface area contributed by atoms with Gasteiger partial charge in [0.05, 0.1) is 0 Å². The van der Waals surface area contributed by atoms with Crippen LogP contribution >= 0.6 is 0 Å². The average molecular weight is 142 g/mol. The van der Waals surface area contributed by atoms with Crippen LogP contribution in [-0.2, 0) is 0 Å². The highest BCUT2D eigenvalue weighted by Crippen LogP contribution is 2.25. The minimum atomic E-state index is 0.861. The Balaban J connectivity index is 3.80. The molecule has 0 aromatic heterocycles. The van der Waals surface area contributed by atoms with Crippen LogP contribution in [0.25, 0.3) is 0 Å². The molecule has 10 heavy (non-hydrogen) atoms. The van der Waals surface area contributed by atoms with Gasteiger partial charge in [-0.2, -0.15) is 0 Å². The minimum absolute atomic E-state index is 0.861. The molecule has 0 spiro atoms. The van der Waals surface area contributed by atoms with Crippen molar-refractivity contribution >= 4 is 0 Å². The summed E-state index contributed by atoms with van der Waals surface area (Å²) in [5.41, 5.74) is 0. The monoisotopic (exact) mass is 142 g/mol. The molecule has 0 fully saturated rings. The normalized spacial score (nSPS) is 17.4. The van der Waals surface area contributed by atoms with Crippen LogP contribution in [-0.4, -0.2) is 0 Å². The Hall–Kier alpha value is 0. The average Bonchev–Trinajstić information content (AvgIpc) is 1.88. The third kappa shape index (κ3) is 2.72. The molecule has 0 N–H and O–H groups in total. The van der Waals surface area contributed by atoms with Gasteiger partial charge in [0.1, 0.15) is 0 Å². The van der Waals surface area contributed by atoms with Crippen LogP contribution in [0.1, 0.15) is 47.5 Å². The summed E-state index contributed by atoms with van der Waals surface area (Å²) < 4.78 is 0. The standard InChI is InChI=1S/C10H22/c1-6-9(5)10(7-2)8(3)4/h8-10H,6-7H2,1-5H3. The van der Waals surface area contributed by atoms with Gasteiger partial charge in [0, 0.05) is 0 Å². The van der Waals surface area contributed by atoms with Gasteiger partial charge in [-0.15, -0.1) is 0 Å². The first-order chi connectivity index (χ1) is 4.63. The SMILES string of the molecule is CCC(C)C(CC)C(C)C. The summed E-state index contributed by atoms with van der Waals surface area (Å²) in [6, 6.07) is 0. The number of rotatable bonds is 4. The lowest BCUT2D eigenvalue weighted by Crippen LogP contribution is -2.16. The van der Waals surface area contributed by atoms with Crippen molar-refractivity contribution in [3.8, 4) is 0 Å². The van der Waals surface area contributed by atoms with Crippen molar-refractivity contribution in [1.29, 1.82) is 0 Å². The molecule has 0 aromatic rings. The molecule has 0 bridgehead atoms. The molecule has 0 aliphatic rings. The smallest absolute Gasteiger partial charge is 0.0368 e. The Kier molecular flexibility index (Phi) is 4.76. The molecule has 0 aliphatic carbocycles. The van der Waals surface area contributed by atoms with Crippen molar-refractivity contribution in [2.24, 2.45) is 17.8 Å². The zero-order valence-corrected chi connectivity index (χ0v) is 8.15. The van der Waals surface area contributed by atoms with Crippen LogP contribution in [0.15, 0.2) is 0 Å². The summed E-state index contributed by atoms with van der Waals surface area (Å²) in [6.45, 7) is 11.6. The van der Waals surface area contributed by atoms with E-state index in [1.54, 1.807) is 0 Å². The maximum absolute atomic E-state index is 2.37. The van der Waals surface area contributed by atoms with Crippen LogP contribution in [0, 0.1) is 17.8 Å². The van der Waals surface area contributed by atoms with Crippen LogP contribution in [0.4, 0.5) is 0 Å². The van der Waals surface area contributed by atoms with E-state index in [0.29, 0.717) is 0 Å². The van der Waals surface area contributed by atoms with Gasteiger partial charge in [-0.1, -0.05) is 47.5 Å². The lowest BCUT2D eigenvalue weighted by Gasteiger charge is -2.24. The Morgan fingerprint density at radius 1 is 0.900 bits per heavy atom. The molecule has 0 saturated heterocycles. The molecule has 0 aliphatic heterocycles. The Morgan fingerprint density at radius 2 is 1.40 bits per heavy atom. The fraction of sp³-hybridized carbons (Fsp3) is 1.00. The highest BCUT2D eigenvalue weighted by Gasteiger charge is 2.16. The molecule has 2 unspecified atom stereocenters. The van der Waals surface area contributed by atoms with Gasteiger partial charge in [-0.05, 0) is 17.8 Å². The summed E-state index contributed by atoms with van der Waals surface area (Å²) >= 11 is 0. The van der Waals surface area contributed by atoms with Gasteiger partial charge in [0.15, 0.2) is 0 Å². The lowest BCUT2D eigenvalue weighted by atomic mass is 9.81. The summed E-state index contributed by atoms with van der Waals surface area (Å²) in [7, 11) is 0. The van der Waals surface area contributed by atoms with Crippen LogP contribution < -0.4 is 0 Å². The van der Waals surface area contributed by atoms with E-state index in [9.17, 15) is 0 Å². The highest BCUT2D eigenvalue weighted by molar-refractivity contribution is 4.66. The topological polar surface area (TPSA) is 0 Å². The van der Waals surface area contributed by atoms with Crippen LogP contribution in [0.2, 0.25) is 0 Å². The maximum Gasteiger partial charge on any atom is -0.0368 e. The number of hydrogen-bond donors (Lipinski definition) is 0. The van der Waals surface area contributed by atoms with Gasteiger partial charge in [0.25, 0.3) is 0 Å². The molecule has 0 saturated carbocycles. The van der Waals surface area contributed by atoms with Gasteiger partial charge in [0.2, 0.25) is 0 Å². The van der Waals surface area contributed by atoms with Gasteiger partial charge in [-0.3, -0.25) is 0 Å². The molecule has 2 atom stereocenters. The van der Waals surface area contributed by atoms with E-state index in [1.807, 2.05) is 0 Å². The zero-order valence-electron chi connectivity index (χ0n) is 8.15. The summed E-state index contributed by atoms with van der Waals surface area (Å²) in [4.78, 5) is 0. The first-order valence-electron chi connectivity index (χ1n) is 4.63. The van der Waals surface area contributed by atoms with E-state index < -0.39 is 0 Å². The predicted octanol–water partition coefficient (Wildman–Crippen LogP) is 3.71. The molecule has 0 nitrogen and oxygen atoms in total. The summed E-state index contributed by atoms with van der Waals surface area (Å²) in [6.07, 6.45) is 2.67. The summed E-state index contributed by atoms with van der Waals surface area (Å²) in [5.74, 6) is 2.70. The highest BCUT2D eigenvalue weighted by atomic mass is 14.2. The second-order valence-electron chi connectivity index (χ2n) is 3.70. The minimum Gasteiger partial charge on any atom is -0.0651 e. The van der Waals surface area contributed by atoms with Crippen molar-refractivity contribution in [3.63, 3.8) is 0 Å².